The van der Waals surface area contributed by atoms with Crippen LogP contribution in [0.25, 0.3) is 10.9 Å². The number of aryl methyl sites for hydroxylation is 2. The van der Waals surface area contributed by atoms with Gasteiger partial charge < -0.3 is 15.6 Å². The lowest BCUT2D eigenvalue weighted by Gasteiger charge is -2.06. The van der Waals surface area contributed by atoms with Crippen LogP contribution in [0.2, 0.25) is 0 Å². The minimum atomic E-state index is -0.289. The number of fused-ring (bicyclic) bond motifs is 1. The lowest BCUT2D eigenvalue weighted by molar-refractivity contribution is -0.120. The second-order valence-electron chi connectivity index (χ2n) is 6.10. The number of nitrogens with one attached hydrogen (secondary N) is 3. The molecule has 0 aliphatic rings. The normalized spacial score (nSPS) is 10.6. The summed E-state index contributed by atoms with van der Waals surface area (Å²) in [6.45, 7) is 4.46. The highest BCUT2D eigenvalue weighted by molar-refractivity contribution is 6.00. The molecule has 3 N–H and O–H groups in total. The molecule has 2 aromatic carbocycles. The van der Waals surface area contributed by atoms with Crippen LogP contribution in [-0.2, 0) is 11.3 Å². The second kappa shape index (κ2) is 7.21. The van der Waals surface area contributed by atoms with Gasteiger partial charge in [-0.15, -0.1) is 0 Å². The summed E-state index contributed by atoms with van der Waals surface area (Å²) in [4.78, 5) is 27.3. The van der Waals surface area contributed by atoms with Crippen LogP contribution in [0.1, 0.15) is 27.2 Å². The van der Waals surface area contributed by atoms with Gasteiger partial charge in [0.25, 0.3) is 5.91 Å². The fraction of sp³-hybridized carbons (Fsp3) is 0.200. The van der Waals surface area contributed by atoms with Gasteiger partial charge in [-0.1, -0.05) is 36.4 Å². The van der Waals surface area contributed by atoms with Crippen LogP contribution in [-0.4, -0.2) is 23.3 Å². The first kappa shape index (κ1) is 16.8. The number of hydrogen-bond acceptors (Lipinski definition) is 2. The first-order valence-electron chi connectivity index (χ1n) is 8.22. The van der Waals surface area contributed by atoms with Crippen molar-refractivity contribution in [3.8, 4) is 0 Å². The largest absolute Gasteiger partial charge is 0.351 e. The van der Waals surface area contributed by atoms with Crippen LogP contribution in [0, 0.1) is 13.8 Å². The molecule has 0 fully saturated rings. The van der Waals surface area contributed by atoms with E-state index in [0.29, 0.717) is 12.2 Å². The van der Waals surface area contributed by atoms with Crippen LogP contribution in [0.3, 0.4) is 0 Å². The van der Waals surface area contributed by atoms with Gasteiger partial charge in [0.05, 0.1) is 6.54 Å². The van der Waals surface area contributed by atoms with Gasteiger partial charge in [0.1, 0.15) is 5.69 Å². The van der Waals surface area contributed by atoms with Gasteiger partial charge in [-0.05, 0) is 42.7 Å². The first-order valence-corrected chi connectivity index (χ1v) is 8.22. The summed E-state index contributed by atoms with van der Waals surface area (Å²) in [7, 11) is 0. The lowest BCUT2D eigenvalue weighted by Crippen LogP contribution is -2.36. The van der Waals surface area contributed by atoms with Crippen LogP contribution in [0.15, 0.2) is 48.5 Å². The molecule has 0 aliphatic heterocycles. The number of aromatic amines is 1. The monoisotopic (exact) mass is 335 g/mol. The zero-order valence-corrected chi connectivity index (χ0v) is 14.3. The molecule has 1 aromatic heterocycles. The Balaban J connectivity index is 1.57. The predicted molar refractivity (Wildman–Crippen MR) is 98.4 cm³/mol. The van der Waals surface area contributed by atoms with E-state index in [1.165, 1.54) is 5.56 Å². The van der Waals surface area contributed by atoms with Crippen molar-refractivity contribution in [2.24, 2.45) is 0 Å². The van der Waals surface area contributed by atoms with E-state index in [2.05, 4.69) is 15.6 Å². The molecule has 0 radical (unpaired) electrons. The van der Waals surface area contributed by atoms with E-state index in [1.54, 1.807) is 0 Å². The summed E-state index contributed by atoms with van der Waals surface area (Å²) in [6.07, 6.45) is 0. The van der Waals surface area contributed by atoms with Crippen molar-refractivity contribution in [2.45, 2.75) is 20.4 Å². The summed E-state index contributed by atoms with van der Waals surface area (Å²) in [6, 6.07) is 15.4. The number of hydrogen-bond donors (Lipinski definition) is 3. The highest BCUT2D eigenvalue weighted by Gasteiger charge is 2.12. The van der Waals surface area contributed by atoms with E-state index < -0.39 is 0 Å². The topological polar surface area (TPSA) is 74.0 Å². The Morgan fingerprint density at radius 2 is 1.76 bits per heavy atom. The van der Waals surface area contributed by atoms with Gasteiger partial charge in [-0.3, -0.25) is 9.59 Å². The summed E-state index contributed by atoms with van der Waals surface area (Å²) in [5.41, 5.74) is 4.72. The number of carbonyl (C=O) groups is 2. The van der Waals surface area contributed by atoms with Crippen molar-refractivity contribution in [1.29, 1.82) is 0 Å². The fourth-order valence-corrected chi connectivity index (χ4v) is 2.70. The number of carbonyl (C=O) groups excluding carboxylic acids is 2. The number of H-pyrrole nitrogens is 1. The maximum atomic E-state index is 12.3. The molecule has 0 saturated carbocycles. The highest BCUT2D eigenvalue weighted by Crippen LogP contribution is 2.22. The van der Waals surface area contributed by atoms with Crippen molar-refractivity contribution in [3.63, 3.8) is 0 Å². The Labute approximate surface area is 146 Å². The average molecular weight is 335 g/mol. The van der Waals surface area contributed by atoms with Gasteiger partial charge in [0, 0.05) is 17.4 Å². The average Bonchev–Trinajstić information content (AvgIpc) is 3.07. The number of benzene rings is 2. The van der Waals surface area contributed by atoms with E-state index in [1.807, 2.05) is 62.4 Å². The molecule has 0 unspecified atom stereocenters. The summed E-state index contributed by atoms with van der Waals surface area (Å²) < 4.78 is 0. The predicted octanol–water partition coefficient (Wildman–Crippen LogP) is 2.83. The summed E-state index contributed by atoms with van der Waals surface area (Å²) in [5, 5.41) is 6.46. The minimum Gasteiger partial charge on any atom is -0.351 e. The van der Waals surface area contributed by atoms with Crippen molar-refractivity contribution in [3.05, 3.63) is 70.9 Å². The van der Waals surface area contributed by atoms with Crippen molar-refractivity contribution in [1.82, 2.24) is 15.6 Å². The lowest BCUT2D eigenvalue weighted by atomic mass is 10.1. The number of aromatic nitrogens is 1. The molecule has 5 heteroatoms. The molecule has 0 aliphatic carbocycles. The molecule has 5 nitrogen and oxygen atoms in total. The van der Waals surface area contributed by atoms with Crippen molar-refractivity contribution >= 4 is 22.7 Å². The van der Waals surface area contributed by atoms with E-state index in [9.17, 15) is 9.59 Å². The van der Waals surface area contributed by atoms with Crippen LogP contribution in [0.5, 0.6) is 0 Å². The maximum Gasteiger partial charge on any atom is 0.268 e. The zero-order chi connectivity index (χ0) is 17.8. The Morgan fingerprint density at radius 1 is 1.00 bits per heavy atom. The molecule has 0 spiro atoms. The molecule has 128 valence electrons. The van der Waals surface area contributed by atoms with Gasteiger partial charge in [0.15, 0.2) is 0 Å². The summed E-state index contributed by atoms with van der Waals surface area (Å²) >= 11 is 0. The molecule has 3 aromatic rings. The third-order valence-corrected chi connectivity index (χ3v) is 4.33. The van der Waals surface area contributed by atoms with Crippen LogP contribution in [0.4, 0.5) is 0 Å². The highest BCUT2D eigenvalue weighted by atomic mass is 16.2. The Kier molecular flexibility index (Phi) is 4.84. The minimum absolute atomic E-state index is 0.0565. The van der Waals surface area contributed by atoms with Crippen molar-refractivity contribution in [2.75, 3.05) is 6.54 Å². The second-order valence-corrected chi connectivity index (χ2v) is 6.10. The molecule has 1 heterocycles. The number of rotatable bonds is 5. The Bertz CT molecular complexity index is 913. The zero-order valence-electron chi connectivity index (χ0n) is 14.3. The van der Waals surface area contributed by atoms with E-state index >= 15 is 0 Å². The van der Waals surface area contributed by atoms with Crippen molar-refractivity contribution < 1.29 is 9.59 Å². The molecular formula is C20H21N3O2. The first-order chi connectivity index (χ1) is 12.0. The van der Waals surface area contributed by atoms with Gasteiger partial charge in [-0.25, -0.2) is 0 Å². The SMILES string of the molecule is Cc1ccc2[nH]c(C(=O)NCC(=O)NCc3ccccc3)cc2c1C. The molecule has 3 rings (SSSR count). The third kappa shape index (κ3) is 3.88. The van der Waals surface area contributed by atoms with Crippen LogP contribution >= 0.6 is 0 Å². The van der Waals surface area contributed by atoms with Crippen LogP contribution < -0.4 is 10.6 Å². The molecule has 2 amide bonds. The van der Waals surface area contributed by atoms with Gasteiger partial charge >= 0.3 is 0 Å². The van der Waals surface area contributed by atoms with Gasteiger partial charge in [0.2, 0.25) is 5.91 Å². The fourth-order valence-electron chi connectivity index (χ4n) is 2.70. The van der Waals surface area contributed by atoms with E-state index in [0.717, 1.165) is 22.0 Å². The smallest absolute Gasteiger partial charge is 0.268 e. The Morgan fingerprint density at radius 3 is 2.52 bits per heavy atom. The molecular weight excluding hydrogens is 314 g/mol. The molecule has 0 atom stereocenters. The van der Waals surface area contributed by atoms with Gasteiger partial charge in [-0.2, -0.15) is 0 Å². The number of amides is 2. The van der Waals surface area contributed by atoms with E-state index in [4.69, 9.17) is 0 Å². The van der Waals surface area contributed by atoms with E-state index in [-0.39, 0.29) is 18.4 Å². The maximum absolute atomic E-state index is 12.3. The molecule has 25 heavy (non-hydrogen) atoms. The third-order valence-electron chi connectivity index (χ3n) is 4.33. The standard InChI is InChI=1S/C20H21N3O2/c1-13-8-9-17-16(14(13)2)10-18(23-17)20(25)22-12-19(24)21-11-15-6-4-3-5-7-15/h3-10,23H,11-12H2,1-2H3,(H,21,24)(H,22,25). The summed E-state index contributed by atoms with van der Waals surface area (Å²) in [5.74, 6) is -0.511. The molecule has 0 bridgehead atoms. The Hall–Kier alpha value is -3.08. The molecule has 0 saturated heterocycles. The quantitative estimate of drug-likeness (QED) is 0.671.